The monoisotopic (exact) mass is 207 g/mol. The molecule has 0 aliphatic carbocycles. The Balaban J connectivity index is 2.66. The molecule has 0 saturated carbocycles. The quantitative estimate of drug-likeness (QED) is 0.586. The Morgan fingerprint density at radius 1 is 1.43 bits per heavy atom. The number of rotatable bonds is 2. The highest BCUT2D eigenvalue weighted by Gasteiger charge is 1.94. The molecule has 0 radical (unpaired) electrons. The van der Waals surface area contributed by atoms with Gasteiger partial charge in [0.05, 0.1) is 0 Å². The Bertz CT molecular complexity index is 360. The molecule has 0 atom stereocenters. The van der Waals surface area contributed by atoms with Gasteiger partial charge in [-0.3, -0.25) is 0 Å². The molecule has 2 heteroatoms. The first-order chi connectivity index (χ1) is 6.74. The fraction of sp³-hybridized carbons (Fsp3) is 0.333. The van der Waals surface area contributed by atoms with Gasteiger partial charge in [-0.2, -0.15) is 0 Å². The third-order valence-corrected chi connectivity index (χ3v) is 2.32. The van der Waals surface area contributed by atoms with Crippen molar-refractivity contribution in [3.8, 4) is 11.8 Å². The van der Waals surface area contributed by atoms with Gasteiger partial charge in [-0.15, -0.1) is 0 Å². The van der Waals surface area contributed by atoms with Crippen molar-refractivity contribution in [2.75, 3.05) is 6.54 Å². The molecule has 0 aromatic heterocycles. The van der Waals surface area contributed by atoms with Gasteiger partial charge in [-0.25, -0.2) is 0 Å². The zero-order chi connectivity index (χ0) is 10.4. The highest BCUT2D eigenvalue weighted by molar-refractivity contribution is 6.31. The van der Waals surface area contributed by atoms with Crippen LogP contribution in [0.4, 0.5) is 0 Å². The Labute approximate surface area is 90.3 Å². The molecule has 0 bridgehead atoms. The minimum absolute atomic E-state index is 0.698. The number of hydrogen-bond acceptors (Lipinski definition) is 1. The molecule has 2 N–H and O–H groups in total. The first-order valence-electron chi connectivity index (χ1n) is 4.69. The van der Waals surface area contributed by atoms with E-state index in [4.69, 9.17) is 17.3 Å². The molecule has 0 spiro atoms. The summed E-state index contributed by atoms with van der Waals surface area (Å²) in [4.78, 5) is 0. The van der Waals surface area contributed by atoms with Crippen molar-refractivity contribution < 1.29 is 0 Å². The van der Waals surface area contributed by atoms with E-state index in [1.807, 2.05) is 25.1 Å². The summed E-state index contributed by atoms with van der Waals surface area (Å²) < 4.78 is 0. The summed E-state index contributed by atoms with van der Waals surface area (Å²) in [7, 11) is 0. The van der Waals surface area contributed by atoms with E-state index >= 15 is 0 Å². The van der Waals surface area contributed by atoms with Crippen molar-refractivity contribution in [2.24, 2.45) is 5.73 Å². The van der Waals surface area contributed by atoms with E-state index in [2.05, 4.69) is 11.8 Å². The summed E-state index contributed by atoms with van der Waals surface area (Å²) >= 11 is 5.97. The first-order valence-corrected chi connectivity index (χ1v) is 5.07. The second-order valence-corrected chi connectivity index (χ2v) is 3.57. The second-order valence-electron chi connectivity index (χ2n) is 3.16. The molecule has 1 rings (SSSR count). The summed E-state index contributed by atoms with van der Waals surface area (Å²) in [6.07, 6.45) is 1.80. The van der Waals surface area contributed by atoms with E-state index in [0.29, 0.717) is 6.54 Å². The largest absolute Gasteiger partial charge is 0.330 e. The average Bonchev–Trinajstić information content (AvgIpc) is 2.18. The maximum Gasteiger partial charge on any atom is 0.0447 e. The fourth-order valence-electron chi connectivity index (χ4n) is 1.03. The topological polar surface area (TPSA) is 26.0 Å². The van der Waals surface area contributed by atoms with Gasteiger partial charge in [-0.05, 0) is 37.6 Å². The molecule has 1 aromatic carbocycles. The maximum atomic E-state index is 5.97. The lowest BCUT2D eigenvalue weighted by atomic mass is 10.1. The van der Waals surface area contributed by atoms with Crippen LogP contribution in [0.2, 0.25) is 5.02 Å². The lowest BCUT2D eigenvalue weighted by molar-refractivity contribution is 0.870. The van der Waals surface area contributed by atoms with Gasteiger partial charge < -0.3 is 5.73 Å². The van der Waals surface area contributed by atoms with Crippen LogP contribution in [0, 0.1) is 18.8 Å². The van der Waals surface area contributed by atoms with Gasteiger partial charge >= 0.3 is 0 Å². The minimum atomic E-state index is 0.698. The molecule has 0 aliphatic heterocycles. The zero-order valence-corrected chi connectivity index (χ0v) is 9.06. The number of aryl methyl sites for hydroxylation is 1. The molecule has 0 unspecified atom stereocenters. The molecule has 74 valence electrons. The van der Waals surface area contributed by atoms with Crippen LogP contribution in [0.15, 0.2) is 18.2 Å². The van der Waals surface area contributed by atoms with Gasteiger partial charge in [0, 0.05) is 17.0 Å². The van der Waals surface area contributed by atoms with Gasteiger partial charge in [0.15, 0.2) is 0 Å². The first kappa shape index (κ1) is 11.1. The van der Waals surface area contributed by atoms with E-state index in [1.165, 1.54) is 0 Å². The normalized spacial score (nSPS) is 9.36. The fourth-order valence-corrected chi connectivity index (χ4v) is 1.21. The van der Waals surface area contributed by atoms with E-state index in [9.17, 15) is 0 Å². The zero-order valence-electron chi connectivity index (χ0n) is 8.31. The third kappa shape index (κ3) is 3.41. The average molecular weight is 208 g/mol. The highest BCUT2D eigenvalue weighted by Crippen LogP contribution is 2.15. The number of hydrogen-bond donors (Lipinski definition) is 1. The second kappa shape index (κ2) is 5.70. The molecule has 1 aromatic rings. The van der Waals surface area contributed by atoms with Crippen molar-refractivity contribution in [3.05, 3.63) is 34.3 Å². The van der Waals surface area contributed by atoms with Crippen molar-refractivity contribution >= 4 is 11.6 Å². The maximum absolute atomic E-state index is 5.97. The van der Waals surface area contributed by atoms with E-state index < -0.39 is 0 Å². The van der Waals surface area contributed by atoms with Crippen LogP contribution in [-0.2, 0) is 0 Å². The number of halogens is 1. The molecule has 0 fully saturated rings. The number of unbranched alkanes of at least 4 members (excludes halogenated alkanes) is 1. The minimum Gasteiger partial charge on any atom is -0.330 e. The molecule has 0 heterocycles. The van der Waals surface area contributed by atoms with Crippen LogP contribution < -0.4 is 5.73 Å². The number of benzene rings is 1. The summed E-state index contributed by atoms with van der Waals surface area (Å²) in [5.74, 6) is 6.12. The molecule has 0 amide bonds. The smallest absolute Gasteiger partial charge is 0.0447 e. The Morgan fingerprint density at radius 3 is 2.86 bits per heavy atom. The standard InChI is InChI=1S/C12H14ClN/c1-10-6-7-11(9-12(10)13)5-3-2-4-8-14/h6-7,9H,2,4,8,14H2,1H3. The van der Waals surface area contributed by atoms with Crippen LogP contribution in [0.5, 0.6) is 0 Å². The Morgan fingerprint density at radius 2 is 2.21 bits per heavy atom. The molecular weight excluding hydrogens is 194 g/mol. The molecular formula is C12H14ClN. The van der Waals surface area contributed by atoms with Gasteiger partial charge in [0.2, 0.25) is 0 Å². The lowest BCUT2D eigenvalue weighted by Crippen LogP contribution is -1.96. The predicted molar refractivity (Wildman–Crippen MR) is 61.4 cm³/mol. The summed E-state index contributed by atoms with van der Waals surface area (Å²) in [5, 5.41) is 0.774. The van der Waals surface area contributed by atoms with Crippen LogP contribution in [0.3, 0.4) is 0 Å². The van der Waals surface area contributed by atoms with Crippen LogP contribution in [0.1, 0.15) is 24.0 Å². The molecule has 1 nitrogen and oxygen atoms in total. The van der Waals surface area contributed by atoms with Crippen LogP contribution in [-0.4, -0.2) is 6.54 Å². The summed E-state index contributed by atoms with van der Waals surface area (Å²) in [6.45, 7) is 2.68. The SMILES string of the molecule is Cc1ccc(C#CCCCN)cc1Cl. The van der Waals surface area contributed by atoms with E-state index in [0.717, 1.165) is 29.0 Å². The van der Waals surface area contributed by atoms with Gasteiger partial charge in [0.1, 0.15) is 0 Å². The Hall–Kier alpha value is -0.970. The predicted octanol–water partition coefficient (Wildman–Crippen LogP) is 2.74. The third-order valence-electron chi connectivity index (χ3n) is 1.91. The molecule has 14 heavy (non-hydrogen) atoms. The summed E-state index contributed by atoms with van der Waals surface area (Å²) in [6, 6.07) is 5.86. The van der Waals surface area contributed by atoms with Crippen LogP contribution in [0.25, 0.3) is 0 Å². The lowest BCUT2D eigenvalue weighted by Gasteiger charge is -1.96. The van der Waals surface area contributed by atoms with Crippen molar-refractivity contribution in [1.82, 2.24) is 0 Å². The van der Waals surface area contributed by atoms with Crippen molar-refractivity contribution in [3.63, 3.8) is 0 Å². The summed E-state index contributed by atoms with van der Waals surface area (Å²) in [5.41, 5.74) is 7.42. The van der Waals surface area contributed by atoms with Gasteiger partial charge in [-0.1, -0.05) is 29.5 Å². The van der Waals surface area contributed by atoms with Crippen molar-refractivity contribution in [2.45, 2.75) is 19.8 Å². The van der Waals surface area contributed by atoms with Crippen molar-refractivity contribution in [1.29, 1.82) is 0 Å². The van der Waals surface area contributed by atoms with E-state index in [1.54, 1.807) is 0 Å². The highest BCUT2D eigenvalue weighted by atomic mass is 35.5. The Kier molecular flexibility index (Phi) is 4.52. The van der Waals surface area contributed by atoms with E-state index in [-0.39, 0.29) is 0 Å². The van der Waals surface area contributed by atoms with Gasteiger partial charge in [0.25, 0.3) is 0 Å². The molecule has 0 saturated heterocycles. The van der Waals surface area contributed by atoms with Crippen LogP contribution >= 0.6 is 11.6 Å². The molecule has 0 aliphatic rings. The number of nitrogens with two attached hydrogens (primary N) is 1.